The lowest BCUT2D eigenvalue weighted by Gasteiger charge is -2.17. The molecule has 0 saturated carbocycles. The molecule has 0 aromatic rings. The first-order valence-corrected chi connectivity index (χ1v) is 7.75. The molecule has 0 aromatic carbocycles. The molecule has 0 heterocycles. The molecule has 98 valence electrons. The lowest BCUT2D eigenvalue weighted by molar-refractivity contribution is -0.125. The fourth-order valence-corrected chi connectivity index (χ4v) is 2.25. The summed E-state index contributed by atoms with van der Waals surface area (Å²) < 4.78 is 23.9. The minimum Gasteiger partial charge on any atom is -0.356 e. The minimum atomic E-state index is -3.12. The molecule has 0 bridgehead atoms. The van der Waals surface area contributed by atoms with E-state index in [9.17, 15) is 13.2 Å². The molecule has 0 fully saturated rings. The van der Waals surface area contributed by atoms with Crippen molar-refractivity contribution in [1.29, 1.82) is 0 Å². The topological polar surface area (TPSA) is 75.3 Å². The van der Waals surface area contributed by atoms with Crippen LogP contribution in [0.1, 0.15) is 25.7 Å². The van der Waals surface area contributed by atoms with Crippen LogP contribution in [0.25, 0.3) is 0 Å². The highest BCUT2D eigenvalue weighted by atomic mass is 32.2. The van der Waals surface area contributed by atoms with E-state index in [0.29, 0.717) is 19.5 Å². The molecular formula is C11H20N2O3S. The molecule has 2 N–H and O–H groups in total. The van der Waals surface area contributed by atoms with Crippen LogP contribution in [0.15, 0.2) is 12.2 Å². The maximum absolute atomic E-state index is 11.7. The normalized spacial score (nSPS) is 20.2. The molecule has 0 unspecified atom stereocenters. The van der Waals surface area contributed by atoms with E-state index in [4.69, 9.17) is 0 Å². The van der Waals surface area contributed by atoms with Crippen molar-refractivity contribution < 1.29 is 13.2 Å². The Morgan fingerprint density at radius 1 is 1.35 bits per heavy atom. The average Bonchev–Trinajstić information content (AvgIpc) is 2.28. The van der Waals surface area contributed by atoms with Gasteiger partial charge >= 0.3 is 0 Å². The maximum atomic E-state index is 11.7. The molecule has 6 heteroatoms. The van der Waals surface area contributed by atoms with Crippen LogP contribution >= 0.6 is 0 Å². The van der Waals surface area contributed by atoms with Crippen molar-refractivity contribution in [2.45, 2.75) is 25.7 Å². The number of allylic oxidation sites excluding steroid dienone is 2. The molecule has 1 rings (SSSR count). The zero-order valence-electron chi connectivity index (χ0n) is 10.1. The molecule has 0 spiro atoms. The average molecular weight is 260 g/mol. The summed E-state index contributed by atoms with van der Waals surface area (Å²) in [5.74, 6) is 0.163. The number of sulfonamides is 1. The summed E-state index contributed by atoms with van der Waals surface area (Å²) in [6, 6.07) is 0. The predicted molar refractivity (Wildman–Crippen MR) is 67.0 cm³/mol. The molecule has 1 aliphatic rings. The van der Waals surface area contributed by atoms with E-state index >= 15 is 0 Å². The van der Waals surface area contributed by atoms with Crippen molar-refractivity contribution in [2.24, 2.45) is 5.92 Å². The highest BCUT2D eigenvalue weighted by Gasteiger charge is 2.17. The van der Waals surface area contributed by atoms with E-state index in [1.165, 1.54) is 0 Å². The van der Waals surface area contributed by atoms with Crippen molar-refractivity contribution in [3.05, 3.63) is 12.2 Å². The third kappa shape index (κ3) is 6.43. The van der Waals surface area contributed by atoms with E-state index in [-0.39, 0.29) is 11.8 Å². The Morgan fingerprint density at radius 3 is 2.71 bits per heavy atom. The second-order valence-corrected chi connectivity index (χ2v) is 6.13. The maximum Gasteiger partial charge on any atom is 0.223 e. The monoisotopic (exact) mass is 260 g/mol. The van der Waals surface area contributed by atoms with Gasteiger partial charge in [-0.05, 0) is 25.7 Å². The van der Waals surface area contributed by atoms with Crippen molar-refractivity contribution in [3.63, 3.8) is 0 Å². The Hall–Kier alpha value is -0.880. The van der Waals surface area contributed by atoms with Crippen molar-refractivity contribution >= 4 is 15.9 Å². The van der Waals surface area contributed by atoms with Crippen molar-refractivity contribution in [2.75, 3.05) is 19.3 Å². The number of carbonyl (C=O) groups excluding carboxylic acids is 1. The Balaban J connectivity index is 2.10. The fraction of sp³-hybridized carbons (Fsp3) is 0.727. The first kappa shape index (κ1) is 14.2. The number of rotatable bonds is 6. The predicted octanol–water partition coefficient (Wildman–Crippen LogP) is 0.398. The third-order valence-corrected chi connectivity index (χ3v) is 3.39. The summed E-state index contributed by atoms with van der Waals surface area (Å²) >= 11 is 0. The third-order valence-electron chi connectivity index (χ3n) is 2.66. The largest absolute Gasteiger partial charge is 0.356 e. The van der Waals surface area contributed by atoms with Crippen molar-refractivity contribution in [3.8, 4) is 0 Å². The molecule has 1 atom stereocenters. The van der Waals surface area contributed by atoms with Gasteiger partial charge in [0.15, 0.2) is 0 Å². The second-order valence-electron chi connectivity index (χ2n) is 4.29. The van der Waals surface area contributed by atoms with Crippen molar-refractivity contribution in [1.82, 2.24) is 10.0 Å². The molecule has 0 aromatic heterocycles. The number of amides is 1. The number of carbonyl (C=O) groups is 1. The van der Waals surface area contributed by atoms with Gasteiger partial charge in [0.1, 0.15) is 0 Å². The van der Waals surface area contributed by atoms with Crippen LogP contribution in [0.4, 0.5) is 0 Å². The van der Waals surface area contributed by atoms with Gasteiger partial charge in [0.05, 0.1) is 6.26 Å². The number of nitrogens with one attached hydrogen (secondary N) is 2. The number of hydrogen-bond acceptors (Lipinski definition) is 3. The first-order valence-electron chi connectivity index (χ1n) is 5.86. The molecular weight excluding hydrogens is 240 g/mol. The Morgan fingerprint density at radius 2 is 2.12 bits per heavy atom. The zero-order valence-corrected chi connectivity index (χ0v) is 10.9. The van der Waals surface area contributed by atoms with E-state index in [1.807, 2.05) is 6.08 Å². The Bertz CT molecular complexity index is 376. The summed E-state index contributed by atoms with van der Waals surface area (Å²) in [6.07, 6.45) is 8.56. The van der Waals surface area contributed by atoms with Gasteiger partial charge in [-0.1, -0.05) is 12.2 Å². The summed E-state index contributed by atoms with van der Waals surface area (Å²) in [7, 11) is -3.12. The highest BCUT2D eigenvalue weighted by Crippen LogP contribution is 2.17. The van der Waals surface area contributed by atoms with E-state index in [0.717, 1.165) is 25.5 Å². The first-order chi connectivity index (χ1) is 7.99. The van der Waals surface area contributed by atoms with E-state index < -0.39 is 10.0 Å². The summed E-state index contributed by atoms with van der Waals surface area (Å²) in [6.45, 7) is 0.880. The minimum absolute atomic E-state index is 0.0775. The van der Waals surface area contributed by atoms with Gasteiger partial charge in [0.2, 0.25) is 15.9 Å². The standard InChI is InChI=1S/C11H20N2O3S/c1-17(15,16)13-9-5-8-12-11(14)10-6-3-2-4-7-10/h2-3,10,13H,4-9H2,1H3,(H,12,14)/t10-/m1/s1. The van der Waals surface area contributed by atoms with Crippen LogP contribution in [0, 0.1) is 5.92 Å². The summed E-state index contributed by atoms with van der Waals surface area (Å²) in [5.41, 5.74) is 0. The summed E-state index contributed by atoms with van der Waals surface area (Å²) in [4.78, 5) is 11.7. The second kappa shape index (κ2) is 6.76. The number of hydrogen-bond donors (Lipinski definition) is 2. The van der Waals surface area contributed by atoms with Gasteiger partial charge in [-0.2, -0.15) is 0 Å². The summed E-state index contributed by atoms with van der Waals surface area (Å²) in [5, 5.41) is 2.83. The van der Waals surface area contributed by atoms with Crippen LogP contribution in [-0.2, 0) is 14.8 Å². The highest BCUT2D eigenvalue weighted by molar-refractivity contribution is 7.88. The van der Waals surface area contributed by atoms with Gasteiger partial charge in [-0.25, -0.2) is 13.1 Å². The van der Waals surface area contributed by atoms with Gasteiger partial charge in [-0.3, -0.25) is 4.79 Å². The zero-order chi connectivity index (χ0) is 12.7. The molecule has 1 aliphatic carbocycles. The van der Waals surface area contributed by atoms with Gasteiger partial charge in [0, 0.05) is 19.0 Å². The van der Waals surface area contributed by atoms with Crippen LogP contribution in [0.3, 0.4) is 0 Å². The lowest BCUT2D eigenvalue weighted by Crippen LogP contribution is -2.33. The lowest BCUT2D eigenvalue weighted by atomic mass is 9.94. The Kier molecular flexibility index (Phi) is 5.64. The molecule has 17 heavy (non-hydrogen) atoms. The van der Waals surface area contributed by atoms with E-state index in [1.54, 1.807) is 0 Å². The van der Waals surface area contributed by atoms with Gasteiger partial charge < -0.3 is 5.32 Å². The van der Waals surface area contributed by atoms with Crippen LogP contribution in [-0.4, -0.2) is 33.7 Å². The van der Waals surface area contributed by atoms with Crippen LogP contribution in [0.5, 0.6) is 0 Å². The SMILES string of the molecule is CS(=O)(=O)NCCCNC(=O)[C@@H]1CC=CCC1. The van der Waals surface area contributed by atoms with E-state index in [2.05, 4.69) is 16.1 Å². The smallest absolute Gasteiger partial charge is 0.223 e. The molecule has 0 radical (unpaired) electrons. The van der Waals surface area contributed by atoms with Gasteiger partial charge in [-0.15, -0.1) is 0 Å². The molecule has 1 amide bonds. The Labute approximate surface area is 103 Å². The molecule has 0 saturated heterocycles. The molecule has 5 nitrogen and oxygen atoms in total. The fourth-order valence-electron chi connectivity index (χ4n) is 1.73. The van der Waals surface area contributed by atoms with Crippen LogP contribution < -0.4 is 10.0 Å². The van der Waals surface area contributed by atoms with Gasteiger partial charge in [0.25, 0.3) is 0 Å². The molecule has 0 aliphatic heterocycles. The van der Waals surface area contributed by atoms with Crippen LogP contribution in [0.2, 0.25) is 0 Å². The quantitative estimate of drug-likeness (QED) is 0.536.